The molecule has 0 radical (unpaired) electrons. The molecule has 0 aromatic carbocycles. The number of nitrogens with two attached hydrogens (primary N) is 1. The van der Waals surface area contributed by atoms with Gasteiger partial charge in [-0.2, -0.15) is 5.26 Å². The Morgan fingerprint density at radius 3 is 2.46 bits per heavy atom. The third-order valence-electron chi connectivity index (χ3n) is 2.31. The Kier molecular flexibility index (Phi) is 9.13. The molecule has 0 spiro atoms. The van der Waals surface area contributed by atoms with Gasteiger partial charge in [0.15, 0.2) is 0 Å². The maximum atomic E-state index is 8.35. The van der Waals surface area contributed by atoms with E-state index in [1.165, 1.54) is 32.1 Å². The van der Waals surface area contributed by atoms with E-state index in [-0.39, 0.29) is 6.04 Å². The van der Waals surface area contributed by atoms with Crippen LogP contribution in [0.2, 0.25) is 0 Å². The maximum absolute atomic E-state index is 8.35. The van der Waals surface area contributed by atoms with Crippen LogP contribution in [-0.2, 0) is 0 Å². The van der Waals surface area contributed by atoms with Crippen LogP contribution >= 0.6 is 0 Å². The normalized spacial score (nSPS) is 12.4. The van der Waals surface area contributed by atoms with Gasteiger partial charge in [-0.25, -0.2) is 0 Å². The van der Waals surface area contributed by atoms with E-state index in [2.05, 4.69) is 13.0 Å². The van der Waals surface area contributed by atoms with E-state index in [9.17, 15) is 0 Å². The number of hydrogen-bond donors (Lipinski definition) is 1. The first-order valence-electron chi connectivity index (χ1n) is 5.43. The summed E-state index contributed by atoms with van der Waals surface area (Å²) in [6, 6.07) is 2.38. The summed E-state index contributed by atoms with van der Waals surface area (Å²) in [7, 11) is 0. The lowest BCUT2D eigenvalue weighted by molar-refractivity contribution is 0.520. The topological polar surface area (TPSA) is 49.8 Å². The van der Waals surface area contributed by atoms with Gasteiger partial charge in [-0.05, 0) is 12.8 Å². The highest BCUT2D eigenvalue weighted by molar-refractivity contribution is 4.73. The minimum absolute atomic E-state index is 0.251. The lowest BCUT2D eigenvalue weighted by atomic mass is 10.0. The molecule has 13 heavy (non-hydrogen) atoms. The van der Waals surface area contributed by atoms with Gasteiger partial charge in [0.05, 0.1) is 6.07 Å². The standard InChI is InChI=1S/C11H22N2/c1-2-3-4-5-6-8-11(13)9-7-10-12/h11H,2-9,13H2,1H3. The highest BCUT2D eigenvalue weighted by Gasteiger charge is 2.00. The molecule has 2 nitrogen and oxygen atoms in total. The average molecular weight is 182 g/mol. The predicted molar refractivity (Wildman–Crippen MR) is 56.2 cm³/mol. The van der Waals surface area contributed by atoms with Crippen molar-refractivity contribution in [2.24, 2.45) is 5.73 Å². The van der Waals surface area contributed by atoms with Crippen LogP contribution in [-0.4, -0.2) is 6.04 Å². The summed E-state index contributed by atoms with van der Waals surface area (Å²) in [5.74, 6) is 0. The molecular formula is C11H22N2. The molecule has 0 saturated carbocycles. The Morgan fingerprint density at radius 2 is 1.85 bits per heavy atom. The fraction of sp³-hybridized carbons (Fsp3) is 0.909. The lowest BCUT2D eigenvalue weighted by Gasteiger charge is -2.08. The van der Waals surface area contributed by atoms with Gasteiger partial charge in [0.2, 0.25) is 0 Å². The SMILES string of the molecule is CCCCCCCC(N)CCC#N. The van der Waals surface area contributed by atoms with Gasteiger partial charge in [-0.3, -0.25) is 0 Å². The van der Waals surface area contributed by atoms with E-state index < -0.39 is 0 Å². The van der Waals surface area contributed by atoms with E-state index >= 15 is 0 Å². The molecule has 2 heteroatoms. The van der Waals surface area contributed by atoms with E-state index in [1.54, 1.807) is 0 Å². The molecule has 76 valence electrons. The minimum atomic E-state index is 0.251. The Balaban J connectivity index is 3.08. The molecule has 0 aliphatic carbocycles. The molecule has 0 aliphatic heterocycles. The number of nitrogens with zero attached hydrogens (tertiary/aromatic N) is 1. The van der Waals surface area contributed by atoms with E-state index in [1.807, 2.05) is 0 Å². The summed E-state index contributed by atoms with van der Waals surface area (Å²) < 4.78 is 0. The highest BCUT2D eigenvalue weighted by atomic mass is 14.6. The third-order valence-corrected chi connectivity index (χ3v) is 2.31. The summed E-state index contributed by atoms with van der Waals surface area (Å²) in [5.41, 5.74) is 5.82. The molecule has 0 rings (SSSR count). The molecule has 0 amide bonds. The second-order valence-corrected chi connectivity index (χ2v) is 3.66. The first-order valence-corrected chi connectivity index (χ1v) is 5.43. The number of hydrogen-bond acceptors (Lipinski definition) is 2. The molecule has 0 heterocycles. The Morgan fingerprint density at radius 1 is 1.15 bits per heavy atom. The molecule has 0 aliphatic rings. The molecule has 2 N–H and O–H groups in total. The summed E-state index contributed by atoms with van der Waals surface area (Å²) in [6.07, 6.45) is 9.06. The molecule has 0 bridgehead atoms. The average Bonchev–Trinajstić information content (AvgIpc) is 2.14. The predicted octanol–water partition coefficient (Wildman–Crippen LogP) is 2.98. The van der Waals surface area contributed by atoms with Crippen LogP contribution in [0.25, 0.3) is 0 Å². The second kappa shape index (κ2) is 9.54. The largest absolute Gasteiger partial charge is 0.328 e. The molecule has 0 saturated heterocycles. The maximum Gasteiger partial charge on any atom is 0.0622 e. The number of unbranched alkanes of at least 4 members (excludes halogenated alkanes) is 4. The fourth-order valence-corrected chi connectivity index (χ4v) is 1.40. The smallest absolute Gasteiger partial charge is 0.0622 e. The van der Waals surface area contributed by atoms with Gasteiger partial charge < -0.3 is 5.73 Å². The molecule has 1 unspecified atom stereocenters. The summed E-state index contributed by atoms with van der Waals surface area (Å²) in [4.78, 5) is 0. The van der Waals surface area contributed by atoms with Crippen LogP contribution in [0.4, 0.5) is 0 Å². The second-order valence-electron chi connectivity index (χ2n) is 3.66. The quantitative estimate of drug-likeness (QED) is 0.587. The monoisotopic (exact) mass is 182 g/mol. The van der Waals surface area contributed by atoms with Gasteiger partial charge in [0.25, 0.3) is 0 Å². The van der Waals surface area contributed by atoms with Crippen LogP contribution < -0.4 is 5.73 Å². The van der Waals surface area contributed by atoms with Crippen molar-refractivity contribution in [1.29, 1.82) is 5.26 Å². The van der Waals surface area contributed by atoms with Crippen molar-refractivity contribution in [3.63, 3.8) is 0 Å². The van der Waals surface area contributed by atoms with Gasteiger partial charge in [-0.1, -0.05) is 39.0 Å². The number of nitriles is 1. The Bertz CT molecular complexity index is 138. The van der Waals surface area contributed by atoms with Crippen molar-refractivity contribution in [3.8, 4) is 6.07 Å². The van der Waals surface area contributed by atoms with E-state index in [4.69, 9.17) is 11.0 Å². The van der Waals surface area contributed by atoms with Crippen molar-refractivity contribution >= 4 is 0 Å². The molecule has 1 atom stereocenters. The van der Waals surface area contributed by atoms with E-state index in [0.29, 0.717) is 6.42 Å². The fourth-order valence-electron chi connectivity index (χ4n) is 1.40. The molecule has 0 fully saturated rings. The Hall–Kier alpha value is -0.550. The van der Waals surface area contributed by atoms with Gasteiger partial charge in [0.1, 0.15) is 0 Å². The summed E-state index contributed by atoms with van der Waals surface area (Å²) in [6.45, 7) is 2.22. The zero-order chi connectivity index (χ0) is 9.94. The lowest BCUT2D eigenvalue weighted by Crippen LogP contribution is -2.19. The van der Waals surface area contributed by atoms with Gasteiger partial charge in [-0.15, -0.1) is 0 Å². The van der Waals surface area contributed by atoms with Crippen molar-refractivity contribution in [1.82, 2.24) is 0 Å². The van der Waals surface area contributed by atoms with Crippen LogP contribution in [0.15, 0.2) is 0 Å². The summed E-state index contributed by atoms with van der Waals surface area (Å²) >= 11 is 0. The molecular weight excluding hydrogens is 160 g/mol. The first kappa shape index (κ1) is 12.4. The minimum Gasteiger partial charge on any atom is -0.328 e. The highest BCUT2D eigenvalue weighted by Crippen LogP contribution is 2.08. The zero-order valence-electron chi connectivity index (χ0n) is 8.76. The van der Waals surface area contributed by atoms with E-state index in [0.717, 1.165) is 12.8 Å². The third kappa shape index (κ3) is 9.36. The Labute approximate surface area is 82.1 Å². The zero-order valence-corrected chi connectivity index (χ0v) is 8.76. The van der Waals surface area contributed by atoms with Crippen molar-refractivity contribution in [3.05, 3.63) is 0 Å². The molecule has 0 aromatic rings. The van der Waals surface area contributed by atoms with Crippen molar-refractivity contribution in [2.75, 3.05) is 0 Å². The molecule has 0 aromatic heterocycles. The van der Waals surface area contributed by atoms with Crippen LogP contribution in [0, 0.1) is 11.3 Å². The van der Waals surface area contributed by atoms with Crippen LogP contribution in [0.5, 0.6) is 0 Å². The first-order chi connectivity index (χ1) is 6.31. The van der Waals surface area contributed by atoms with Gasteiger partial charge in [0, 0.05) is 12.5 Å². The summed E-state index contributed by atoms with van der Waals surface area (Å²) in [5, 5.41) is 8.35. The van der Waals surface area contributed by atoms with Crippen molar-refractivity contribution < 1.29 is 0 Å². The number of rotatable bonds is 8. The van der Waals surface area contributed by atoms with Crippen LogP contribution in [0.1, 0.15) is 58.3 Å². The van der Waals surface area contributed by atoms with Crippen LogP contribution in [0.3, 0.4) is 0 Å². The van der Waals surface area contributed by atoms with Gasteiger partial charge >= 0.3 is 0 Å². The van der Waals surface area contributed by atoms with Crippen molar-refractivity contribution in [2.45, 2.75) is 64.3 Å².